The van der Waals surface area contributed by atoms with Crippen LogP contribution in [-0.2, 0) is 17.6 Å². The molecule has 1 atom stereocenters. The van der Waals surface area contributed by atoms with Gasteiger partial charge in [0, 0.05) is 23.6 Å². The maximum Gasteiger partial charge on any atom is 0.210 e. The SMILES string of the molecule is CCOc1cc2c(cc1OC)CCN(C=O)[C@H]2Cc1c[nH]c2ccc(OC)cc12. The Morgan fingerprint density at radius 1 is 1.17 bits per heavy atom. The van der Waals surface area contributed by atoms with E-state index in [1.54, 1.807) is 14.2 Å². The lowest BCUT2D eigenvalue weighted by Gasteiger charge is -2.35. The second kappa shape index (κ2) is 8.07. The van der Waals surface area contributed by atoms with Gasteiger partial charge < -0.3 is 24.1 Å². The molecule has 29 heavy (non-hydrogen) atoms. The molecular weight excluding hydrogens is 368 g/mol. The Labute approximate surface area is 170 Å². The van der Waals surface area contributed by atoms with Crippen LogP contribution in [0.1, 0.15) is 29.7 Å². The van der Waals surface area contributed by atoms with E-state index < -0.39 is 0 Å². The molecule has 4 rings (SSSR count). The van der Waals surface area contributed by atoms with Gasteiger partial charge in [0.25, 0.3) is 0 Å². The third-order valence-corrected chi connectivity index (χ3v) is 5.65. The van der Waals surface area contributed by atoms with Crippen molar-refractivity contribution < 1.29 is 19.0 Å². The van der Waals surface area contributed by atoms with Crippen molar-refractivity contribution in [3.8, 4) is 17.2 Å². The average Bonchev–Trinajstić information content (AvgIpc) is 3.15. The lowest BCUT2D eigenvalue weighted by atomic mass is 9.88. The lowest BCUT2D eigenvalue weighted by molar-refractivity contribution is -0.120. The predicted molar refractivity (Wildman–Crippen MR) is 112 cm³/mol. The highest BCUT2D eigenvalue weighted by Crippen LogP contribution is 2.40. The summed E-state index contributed by atoms with van der Waals surface area (Å²) in [4.78, 5) is 17.1. The first-order chi connectivity index (χ1) is 14.2. The van der Waals surface area contributed by atoms with Crippen molar-refractivity contribution in [3.63, 3.8) is 0 Å². The van der Waals surface area contributed by atoms with Gasteiger partial charge in [0.15, 0.2) is 11.5 Å². The van der Waals surface area contributed by atoms with Crippen LogP contribution in [0.5, 0.6) is 17.2 Å². The number of hydrogen-bond donors (Lipinski definition) is 1. The summed E-state index contributed by atoms with van der Waals surface area (Å²) in [5.41, 5.74) is 4.52. The summed E-state index contributed by atoms with van der Waals surface area (Å²) in [6.07, 6.45) is 4.48. The summed E-state index contributed by atoms with van der Waals surface area (Å²) in [7, 11) is 3.32. The molecule has 0 aliphatic carbocycles. The molecule has 1 aromatic heterocycles. The molecule has 0 saturated carbocycles. The predicted octanol–water partition coefficient (Wildman–Crippen LogP) is 3.88. The van der Waals surface area contributed by atoms with Crippen molar-refractivity contribution in [2.75, 3.05) is 27.4 Å². The van der Waals surface area contributed by atoms with E-state index in [2.05, 4.69) is 4.98 Å². The van der Waals surface area contributed by atoms with Gasteiger partial charge in [-0.2, -0.15) is 0 Å². The summed E-state index contributed by atoms with van der Waals surface area (Å²) in [5.74, 6) is 2.27. The number of nitrogens with zero attached hydrogens (tertiary/aromatic N) is 1. The van der Waals surface area contributed by atoms with Crippen molar-refractivity contribution in [1.82, 2.24) is 9.88 Å². The van der Waals surface area contributed by atoms with Crippen LogP contribution in [0, 0.1) is 0 Å². The fraction of sp³-hybridized carbons (Fsp3) is 0.348. The van der Waals surface area contributed by atoms with Gasteiger partial charge in [0.1, 0.15) is 5.75 Å². The van der Waals surface area contributed by atoms with Gasteiger partial charge in [-0.25, -0.2) is 0 Å². The molecule has 2 aromatic carbocycles. The highest BCUT2D eigenvalue weighted by molar-refractivity contribution is 5.84. The topological polar surface area (TPSA) is 63.8 Å². The van der Waals surface area contributed by atoms with Gasteiger partial charge in [0.2, 0.25) is 6.41 Å². The quantitative estimate of drug-likeness (QED) is 0.618. The zero-order valence-corrected chi connectivity index (χ0v) is 17.0. The van der Waals surface area contributed by atoms with Crippen LogP contribution in [-0.4, -0.2) is 43.7 Å². The van der Waals surface area contributed by atoms with E-state index in [0.717, 1.165) is 46.4 Å². The second-order valence-corrected chi connectivity index (χ2v) is 7.17. The Morgan fingerprint density at radius 3 is 2.76 bits per heavy atom. The molecule has 6 nitrogen and oxygen atoms in total. The number of rotatable bonds is 7. The van der Waals surface area contributed by atoms with Gasteiger partial charge in [0.05, 0.1) is 26.9 Å². The van der Waals surface area contributed by atoms with Crippen LogP contribution in [0.4, 0.5) is 0 Å². The molecule has 1 amide bonds. The van der Waals surface area contributed by atoms with E-state index in [1.807, 2.05) is 48.4 Å². The fourth-order valence-electron chi connectivity index (χ4n) is 4.17. The lowest BCUT2D eigenvalue weighted by Crippen LogP contribution is -2.35. The Bertz CT molecular complexity index is 1030. The monoisotopic (exact) mass is 394 g/mol. The number of amides is 1. The molecule has 3 aromatic rings. The number of benzene rings is 2. The first kappa shape index (κ1) is 19.2. The van der Waals surface area contributed by atoms with Crippen LogP contribution in [0.15, 0.2) is 36.5 Å². The third kappa shape index (κ3) is 3.50. The van der Waals surface area contributed by atoms with Crippen molar-refractivity contribution in [3.05, 3.63) is 53.2 Å². The van der Waals surface area contributed by atoms with Gasteiger partial charge in [-0.3, -0.25) is 4.79 Å². The van der Waals surface area contributed by atoms with E-state index in [4.69, 9.17) is 14.2 Å². The van der Waals surface area contributed by atoms with Crippen LogP contribution in [0.3, 0.4) is 0 Å². The molecule has 0 fully saturated rings. The van der Waals surface area contributed by atoms with Crippen molar-refractivity contribution in [2.24, 2.45) is 0 Å². The summed E-state index contributed by atoms with van der Waals surface area (Å²) >= 11 is 0. The zero-order valence-electron chi connectivity index (χ0n) is 17.0. The molecule has 2 heterocycles. The van der Waals surface area contributed by atoms with Gasteiger partial charge >= 0.3 is 0 Å². The Hall–Kier alpha value is -3.15. The normalized spacial score (nSPS) is 15.8. The number of methoxy groups -OCH3 is 2. The molecule has 6 heteroatoms. The van der Waals surface area contributed by atoms with E-state index in [9.17, 15) is 4.79 Å². The Balaban J connectivity index is 1.77. The summed E-state index contributed by atoms with van der Waals surface area (Å²) in [5, 5.41) is 1.11. The van der Waals surface area contributed by atoms with Crippen LogP contribution < -0.4 is 14.2 Å². The molecule has 0 bridgehead atoms. The Kier molecular flexibility index (Phi) is 5.34. The Morgan fingerprint density at radius 2 is 2.03 bits per heavy atom. The minimum atomic E-state index is -0.0634. The van der Waals surface area contributed by atoms with E-state index in [1.165, 1.54) is 5.56 Å². The summed E-state index contributed by atoms with van der Waals surface area (Å²) in [6.45, 7) is 3.19. The summed E-state index contributed by atoms with van der Waals surface area (Å²) in [6, 6.07) is 10.0. The molecule has 0 unspecified atom stereocenters. The number of aromatic amines is 1. The summed E-state index contributed by atoms with van der Waals surface area (Å²) < 4.78 is 16.7. The van der Waals surface area contributed by atoms with E-state index in [-0.39, 0.29) is 6.04 Å². The number of fused-ring (bicyclic) bond motifs is 2. The molecular formula is C23H26N2O4. The molecule has 0 radical (unpaired) electrons. The van der Waals surface area contributed by atoms with E-state index >= 15 is 0 Å². The van der Waals surface area contributed by atoms with E-state index in [0.29, 0.717) is 25.3 Å². The first-order valence-electron chi connectivity index (χ1n) is 9.87. The standard InChI is InChI=1S/C23H26N2O4/c1-4-29-23-12-19-15(10-22(23)28-3)7-8-25(14-26)21(19)9-16-13-24-20-6-5-17(27-2)11-18(16)20/h5-6,10-14,21,24H,4,7-9H2,1-3H3/t21-/m0/s1. The number of nitrogens with one attached hydrogen (secondary N) is 1. The number of hydrogen-bond acceptors (Lipinski definition) is 4. The zero-order chi connectivity index (χ0) is 20.4. The van der Waals surface area contributed by atoms with Crippen LogP contribution in [0.25, 0.3) is 10.9 Å². The molecule has 0 saturated heterocycles. The van der Waals surface area contributed by atoms with Gasteiger partial charge in [-0.1, -0.05) is 0 Å². The highest BCUT2D eigenvalue weighted by Gasteiger charge is 2.29. The highest BCUT2D eigenvalue weighted by atomic mass is 16.5. The van der Waals surface area contributed by atoms with Crippen molar-refractivity contribution in [2.45, 2.75) is 25.8 Å². The van der Waals surface area contributed by atoms with Crippen molar-refractivity contribution in [1.29, 1.82) is 0 Å². The van der Waals surface area contributed by atoms with Crippen LogP contribution >= 0.6 is 0 Å². The van der Waals surface area contributed by atoms with Crippen molar-refractivity contribution >= 4 is 17.3 Å². The molecule has 1 aliphatic heterocycles. The minimum Gasteiger partial charge on any atom is -0.497 e. The number of carbonyl (C=O) groups excluding carboxylic acids is 1. The second-order valence-electron chi connectivity index (χ2n) is 7.17. The number of aromatic nitrogens is 1. The average molecular weight is 394 g/mol. The van der Waals surface area contributed by atoms with Gasteiger partial charge in [-0.05, 0) is 66.8 Å². The van der Waals surface area contributed by atoms with Crippen LogP contribution in [0.2, 0.25) is 0 Å². The number of carbonyl (C=O) groups is 1. The minimum absolute atomic E-state index is 0.0634. The maximum atomic E-state index is 11.8. The molecule has 1 aliphatic rings. The maximum absolute atomic E-state index is 11.8. The molecule has 0 spiro atoms. The first-order valence-corrected chi connectivity index (χ1v) is 9.87. The third-order valence-electron chi connectivity index (χ3n) is 5.65. The molecule has 152 valence electrons. The smallest absolute Gasteiger partial charge is 0.210 e. The number of H-pyrrole nitrogens is 1. The van der Waals surface area contributed by atoms with Gasteiger partial charge in [-0.15, -0.1) is 0 Å². The fourth-order valence-corrected chi connectivity index (χ4v) is 4.17. The number of ether oxygens (including phenoxy) is 3. The largest absolute Gasteiger partial charge is 0.497 e. The molecule has 1 N–H and O–H groups in total.